The fourth-order valence-electron chi connectivity index (χ4n) is 0.0463. The van der Waals surface area contributed by atoms with E-state index >= 15 is 0 Å². The molecule has 6 heavy (non-hydrogen) atoms. The Balaban J connectivity index is 3.05. The summed E-state index contributed by atoms with van der Waals surface area (Å²) in [5.74, 6) is 0. The molecular weight excluding hydrogens is 89.0 g/mol. The van der Waals surface area contributed by atoms with E-state index in [1.807, 2.05) is 0 Å². The van der Waals surface area contributed by atoms with E-state index in [1.54, 1.807) is 0 Å². The molecule has 0 spiro atoms. The first kappa shape index (κ1) is 5.07. The Morgan fingerprint density at radius 2 is 2.33 bits per heavy atom. The molecule has 0 rings (SSSR count). The molecular formula is C2H2FNO2. The fraction of sp³-hybridized carbons (Fsp3) is 0. The standard InChI is InChI=1S/C2H2FNO2/c3-2(6)4-1-5/h1H,(H,4,5,6). The molecule has 0 aromatic heterocycles. The van der Waals surface area contributed by atoms with E-state index in [0.29, 0.717) is 0 Å². The summed E-state index contributed by atoms with van der Waals surface area (Å²) >= 11 is 0. The highest BCUT2D eigenvalue weighted by molar-refractivity contribution is 5.78. The summed E-state index contributed by atoms with van der Waals surface area (Å²) in [6.45, 7) is 0. The van der Waals surface area contributed by atoms with Crippen molar-refractivity contribution in [2.75, 3.05) is 0 Å². The fourth-order valence-corrected chi connectivity index (χ4v) is 0.0463. The number of rotatable bonds is 1. The Bertz CT molecular complexity index is 71.9. The van der Waals surface area contributed by atoms with E-state index in [1.165, 1.54) is 5.32 Å². The monoisotopic (exact) mass is 91.0 g/mol. The smallest absolute Gasteiger partial charge is 0.278 e. The van der Waals surface area contributed by atoms with Gasteiger partial charge in [-0.15, -0.1) is 4.39 Å². The van der Waals surface area contributed by atoms with Crippen LogP contribution in [0.2, 0.25) is 0 Å². The van der Waals surface area contributed by atoms with Crippen LogP contribution in [0, 0.1) is 0 Å². The second-order valence-electron chi connectivity index (χ2n) is 0.536. The topological polar surface area (TPSA) is 46.2 Å². The van der Waals surface area contributed by atoms with Crippen molar-refractivity contribution in [2.45, 2.75) is 0 Å². The Labute approximate surface area is 33.1 Å². The zero-order chi connectivity index (χ0) is 4.99. The number of halogens is 1. The van der Waals surface area contributed by atoms with Crippen LogP contribution in [-0.4, -0.2) is 12.6 Å². The quantitative estimate of drug-likeness (QED) is 0.276. The third kappa shape index (κ3) is 3.07. The van der Waals surface area contributed by atoms with E-state index in [9.17, 15) is 4.39 Å². The molecule has 1 N–H and O–H groups in total. The molecule has 0 bridgehead atoms. The molecule has 0 atom stereocenters. The number of amides is 2. The first-order valence-corrected chi connectivity index (χ1v) is 1.17. The largest absolute Gasteiger partial charge is 0.403 e. The molecule has 0 aliphatic heterocycles. The molecule has 3 nitrogen and oxygen atoms in total. The summed E-state index contributed by atoms with van der Waals surface area (Å²) in [7, 11) is 0. The second kappa shape index (κ2) is 2.32. The number of imide groups is 1. The van der Waals surface area contributed by atoms with Crippen molar-refractivity contribution in [3.05, 3.63) is 0 Å². The van der Waals surface area contributed by atoms with Gasteiger partial charge in [0.05, 0.1) is 0 Å². The van der Waals surface area contributed by atoms with Gasteiger partial charge in [0.1, 0.15) is 0 Å². The van der Waals surface area contributed by atoms with Crippen LogP contribution in [0.1, 0.15) is 0 Å². The van der Waals surface area contributed by atoms with Crippen LogP contribution in [0.15, 0.2) is 0 Å². The zero-order valence-electron chi connectivity index (χ0n) is 2.77. The minimum absolute atomic E-state index is 0.0255. The Hall–Kier alpha value is -0.930. The van der Waals surface area contributed by atoms with Gasteiger partial charge in [0, 0.05) is 0 Å². The molecule has 0 radical (unpaired) electrons. The van der Waals surface area contributed by atoms with Gasteiger partial charge in [-0.25, -0.2) is 4.79 Å². The maximum atomic E-state index is 10.7. The van der Waals surface area contributed by atoms with Crippen molar-refractivity contribution in [1.82, 2.24) is 5.32 Å². The third-order valence-electron chi connectivity index (χ3n) is 0.172. The van der Waals surface area contributed by atoms with Gasteiger partial charge in [0.15, 0.2) is 0 Å². The van der Waals surface area contributed by atoms with Crippen LogP contribution < -0.4 is 5.32 Å². The minimum atomic E-state index is -1.83. The molecule has 0 unspecified atom stereocenters. The van der Waals surface area contributed by atoms with Crippen molar-refractivity contribution in [3.8, 4) is 0 Å². The van der Waals surface area contributed by atoms with Crippen LogP contribution in [0.4, 0.5) is 9.18 Å². The van der Waals surface area contributed by atoms with Crippen molar-refractivity contribution in [1.29, 1.82) is 0 Å². The van der Waals surface area contributed by atoms with Crippen molar-refractivity contribution >= 4 is 12.6 Å². The third-order valence-corrected chi connectivity index (χ3v) is 0.172. The maximum Gasteiger partial charge on any atom is 0.403 e. The van der Waals surface area contributed by atoms with E-state index in [-0.39, 0.29) is 6.41 Å². The molecule has 4 heteroatoms. The molecule has 0 aliphatic carbocycles. The predicted octanol–water partition coefficient (Wildman–Crippen LogP) is -0.178. The van der Waals surface area contributed by atoms with Crippen LogP contribution in [0.25, 0.3) is 0 Å². The molecule has 0 aromatic carbocycles. The molecule has 0 saturated heterocycles. The number of hydrogen-bond acceptors (Lipinski definition) is 2. The molecule has 0 aromatic rings. The van der Waals surface area contributed by atoms with Crippen LogP contribution >= 0.6 is 0 Å². The van der Waals surface area contributed by atoms with Gasteiger partial charge in [-0.3, -0.25) is 10.1 Å². The lowest BCUT2D eigenvalue weighted by Crippen LogP contribution is -2.13. The molecule has 0 heterocycles. The molecule has 0 aliphatic rings. The second-order valence-corrected chi connectivity index (χ2v) is 0.536. The molecule has 34 valence electrons. The molecule has 0 fully saturated rings. The van der Waals surface area contributed by atoms with E-state index < -0.39 is 6.16 Å². The van der Waals surface area contributed by atoms with Crippen molar-refractivity contribution < 1.29 is 14.0 Å². The first-order chi connectivity index (χ1) is 2.77. The van der Waals surface area contributed by atoms with Gasteiger partial charge < -0.3 is 0 Å². The first-order valence-electron chi connectivity index (χ1n) is 1.17. The summed E-state index contributed by atoms with van der Waals surface area (Å²) < 4.78 is 10.7. The van der Waals surface area contributed by atoms with E-state index in [0.717, 1.165) is 0 Å². The van der Waals surface area contributed by atoms with Crippen LogP contribution in [-0.2, 0) is 4.79 Å². The summed E-state index contributed by atoms with van der Waals surface area (Å²) in [6.07, 6.45) is -1.85. The summed E-state index contributed by atoms with van der Waals surface area (Å²) in [4.78, 5) is 18.1. The van der Waals surface area contributed by atoms with Crippen LogP contribution in [0.5, 0.6) is 0 Å². The lowest BCUT2D eigenvalue weighted by Gasteiger charge is -1.74. The number of nitrogens with one attached hydrogen (secondary N) is 1. The van der Waals surface area contributed by atoms with Crippen LogP contribution in [0.3, 0.4) is 0 Å². The lowest BCUT2D eigenvalue weighted by molar-refractivity contribution is -0.108. The number of hydrogen-bond donors (Lipinski definition) is 1. The van der Waals surface area contributed by atoms with Gasteiger partial charge in [0.25, 0.3) is 0 Å². The Kier molecular flexibility index (Phi) is 1.96. The van der Waals surface area contributed by atoms with Gasteiger partial charge >= 0.3 is 6.16 Å². The maximum absolute atomic E-state index is 10.7. The molecule has 0 saturated carbocycles. The number of carbonyl (C=O) groups excluding carboxylic acids is 2. The average Bonchev–Trinajstić information content (AvgIpc) is 1.35. The highest BCUT2D eigenvalue weighted by Crippen LogP contribution is 1.61. The van der Waals surface area contributed by atoms with Gasteiger partial charge in [-0.2, -0.15) is 0 Å². The Morgan fingerprint density at radius 3 is 2.33 bits per heavy atom. The van der Waals surface area contributed by atoms with Crippen molar-refractivity contribution in [3.63, 3.8) is 0 Å². The lowest BCUT2D eigenvalue weighted by atomic mass is 11.1. The summed E-state index contributed by atoms with van der Waals surface area (Å²) in [5.41, 5.74) is 0. The van der Waals surface area contributed by atoms with E-state index in [2.05, 4.69) is 0 Å². The molecule has 2 amide bonds. The zero-order valence-corrected chi connectivity index (χ0v) is 2.77. The van der Waals surface area contributed by atoms with Gasteiger partial charge in [0.2, 0.25) is 6.41 Å². The highest BCUT2D eigenvalue weighted by Gasteiger charge is 1.86. The normalized spacial score (nSPS) is 6.83. The Morgan fingerprint density at radius 1 is 1.83 bits per heavy atom. The highest BCUT2D eigenvalue weighted by atomic mass is 19.1. The van der Waals surface area contributed by atoms with E-state index in [4.69, 9.17) is 9.59 Å². The van der Waals surface area contributed by atoms with Gasteiger partial charge in [-0.05, 0) is 0 Å². The summed E-state index contributed by atoms with van der Waals surface area (Å²) in [6, 6.07) is 0. The number of carbonyl (C=O) groups is 2. The predicted molar refractivity (Wildman–Crippen MR) is 15.7 cm³/mol. The summed E-state index contributed by atoms with van der Waals surface area (Å²) in [5, 5.41) is 1.22. The van der Waals surface area contributed by atoms with Gasteiger partial charge in [-0.1, -0.05) is 0 Å². The SMILES string of the molecule is O=CNC(=O)F. The van der Waals surface area contributed by atoms with Crippen molar-refractivity contribution in [2.24, 2.45) is 0 Å². The average molecular weight is 91.0 g/mol. The minimum Gasteiger partial charge on any atom is -0.278 e.